The van der Waals surface area contributed by atoms with E-state index >= 15 is 0 Å². The summed E-state index contributed by atoms with van der Waals surface area (Å²) in [6.45, 7) is 4.99. The van der Waals surface area contributed by atoms with Gasteiger partial charge < -0.3 is 9.47 Å². The van der Waals surface area contributed by atoms with Crippen LogP contribution < -0.4 is 0 Å². The number of allylic oxidation sites excluding steroid dienone is 2. The van der Waals surface area contributed by atoms with Crippen LogP contribution in [0.1, 0.15) is 19.5 Å². The number of aromatic nitrogens is 1. The zero-order valence-corrected chi connectivity index (χ0v) is 11.2. The number of hydrogen-bond donors (Lipinski definition) is 0. The Balaban J connectivity index is 2.54. The summed E-state index contributed by atoms with van der Waals surface area (Å²) in [5.74, 6) is 0. The standard InChI is InChI=1S/C14H20N2O2/c1-4-13(14-7-5-6-8-15-14)11-16-12(2)18-10-9-17-3/h4-8,11-12H,9-10H2,1-3H3/b13-4+,16-11-. The first-order valence-electron chi connectivity index (χ1n) is 5.99. The molecular weight excluding hydrogens is 228 g/mol. The van der Waals surface area contributed by atoms with E-state index in [9.17, 15) is 0 Å². The Morgan fingerprint density at radius 1 is 1.44 bits per heavy atom. The molecule has 18 heavy (non-hydrogen) atoms. The van der Waals surface area contributed by atoms with E-state index in [2.05, 4.69) is 9.98 Å². The van der Waals surface area contributed by atoms with Gasteiger partial charge in [-0.2, -0.15) is 0 Å². The Labute approximate surface area is 108 Å². The van der Waals surface area contributed by atoms with Crippen molar-refractivity contribution in [3.63, 3.8) is 0 Å². The second-order valence-electron chi connectivity index (χ2n) is 3.70. The van der Waals surface area contributed by atoms with E-state index < -0.39 is 0 Å². The minimum Gasteiger partial charge on any atom is -0.382 e. The van der Waals surface area contributed by atoms with Crippen LogP contribution in [-0.2, 0) is 9.47 Å². The molecule has 0 saturated carbocycles. The molecule has 1 atom stereocenters. The van der Waals surface area contributed by atoms with Gasteiger partial charge in [0.15, 0.2) is 0 Å². The summed E-state index contributed by atoms with van der Waals surface area (Å²) in [6, 6.07) is 5.81. The highest BCUT2D eigenvalue weighted by Gasteiger charge is 2.00. The van der Waals surface area contributed by atoms with Crippen molar-refractivity contribution < 1.29 is 9.47 Å². The van der Waals surface area contributed by atoms with Crippen molar-refractivity contribution in [2.45, 2.75) is 20.1 Å². The lowest BCUT2D eigenvalue weighted by Gasteiger charge is -2.08. The SMILES string of the molecule is C/C=C(\C=N/C(C)OCCOC)c1ccccn1. The maximum absolute atomic E-state index is 5.44. The second kappa shape index (κ2) is 8.55. The Kier molecular flexibility index (Phi) is 6.91. The molecule has 0 fully saturated rings. The topological polar surface area (TPSA) is 43.7 Å². The predicted octanol–water partition coefficient (Wildman–Crippen LogP) is 2.56. The van der Waals surface area contributed by atoms with Gasteiger partial charge in [0.2, 0.25) is 0 Å². The first-order chi connectivity index (χ1) is 8.77. The maximum Gasteiger partial charge on any atom is 0.145 e. The molecule has 0 N–H and O–H groups in total. The largest absolute Gasteiger partial charge is 0.382 e. The van der Waals surface area contributed by atoms with E-state index in [1.807, 2.05) is 38.1 Å². The average Bonchev–Trinajstić information content (AvgIpc) is 2.41. The van der Waals surface area contributed by atoms with Gasteiger partial charge in [0.1, 0.15) is 6.23 Å². The minimum atomic E-state index is -0.182. The van der Waals surface area contributed by atoms with Crippen molar-refractivity contribution in [3.8, 4) is 0 Å². The van der Waals surface area contributed by atoms with Crippen LogP contribution in [0, 0.1) is 0 Å². The van der Waals surface area contributed by atoms with Crippen molar-refractivity contribution in [1.29, 1.82) is 0 Å². The highest BCUT2D eigenvalue weighted by Crippen LogP contribution is 2.08. The van der Waals surface area contributed by atoms with Crippen LogP contribution in [0.3, 0.4) is 0 Å². The highest BCUT2D eigenvalue weighted by atomic mass is 16.5. The van der Waals surface area contributed by atoms with Crippen LogP contribution in [-0.4, -0.2) is 37.8 Å². The molecule has 4 nitrogen and oxygen atoms in total. The molecule has 0 aliphatic carbocycles. The fourth-order valence-corrected chi connectivity index (χ4v) is 1.35. The fraction of sp³-hybridized carbons (Fsp3) is 0.429. The number of nitrogens with zero attached hydrogens (tertiary/aromatic N) is 2. The van der Waals surface area contributed by atoms with E-state index in [-0.39, 0.29) is 6.23 Å². The molecule has 1 aromatic rings. The highest BCUT2D eigenvalue weighted by molar-refractivity contribution is 6.08. The number of ether oxygens (including phenoxy) is 2. The first-order valence-corrected chi connectivity index (χ1v) is 5.99. The minimum absolute atomic E-state index is 0.182. The van der Waals surface area contributed by atoms with Gasteiger partial charge in [-0.25, -0.2) is 0 Å². The Bertz CT molecular complexity index is 388. The third-order valence-electron chi connectivity index (χ3n) is 2.34. The summed E-state index contributed by atoms with van der Waals surface area (Å²) >= 11 is 0. The van der Waals surface area contributed by atoms with Crippen molar-refractivity contribution in [2.24, 2.45) is 4.99 Å². The van der Waals surface area contributed by atoms with Crippen molar-refractivity contribution >= 4 is 11.8 Å². The smallest absolute Gasteiger partial charge is 0.145 e. The van der Waals surface area contributed by atoms with Crippen LogP contribution in [0.5, 0.6) is 0 Å². The third kappa shape index (κ3) is 5.21. The Hall–Kier alpha value is -1.52. The molecule has 0 radical (unpaired) electrons. The molecule has 1 heterocycles. The van der Waals surface area contributed by atoms with Gasteiger partial charge in [-0.15, -0.1) is 0 Å². The van der Waals surface area contributed by atoms with Gasteiger partial charge in [-0.3, -0.25) is 9.98 Å². The number of methoxy groups -OCH3 is 1. The van der Waals surface area contributed by atoms with E-state index in [1.165, 1.54) is 0 Å². The van der Waals surface area contributed by atoms with E-state index in [0.717, 1.165) is 11.3 Å². The van der Waals surface area contributed by atoms with E-state index in [4.69, 9.17) is 9.47 Å². The lowest BCUT2D eigenvalue weighted by Crippen LogP contribution is -2.10. The molecule has 1 unspecified atom stereocenters. The number of pyridine rings is 1. The van der Waals surface area contributed by atoms with Crippen LogP contribution in [0.15, 0.2) is 35.5 Å². The zero-order valence-electron chi connectivity index (χ0n) is 11.2. The lowest BCUT2D eigenvalue weighted by molar-refractivity contribution is 0.0311. The van der Waals surface area contributed by atoms with Crippen molar-refractivity contribution in [2.75, 3.05) is 20.3 Å². The summed E-state index contributed by atoms with van der Waals surface area (Å²) in [6.07, 6.45) is 5.36. The van der Waals surface area contributed by atoms with Crippen LogP contribution in [0.4, 0.5) is 0 Å². The molecule has 98 valence electrons. The fourth-order valence-electron chi connectivity index (χ4n) is 1.35. The molecule has 1 aromatic heterocycles. The normalized spacial score (nSPS) is 14.1. The Morgan fingerprint density at radius 3 is 2.89 bits per heavy atom. The summed E-state index contributed by atoms with van der Waals surface area (Å²) in [5, 5.41) is 0. The van der Waals surface area contributed by atoms with Crippen LogP contribution in [0.2, 0.25) is 0 Å². The molecule has 0 bridgehead atoms. The third-order valence-corrected chi connectivity index (χ3v) is 2.34. The molecule has 0 saturated heterocycles. The molecule has 0 amide bonds. The number of hydrogen-bond acceptors (Lipinski definition) is 4. The second-order valence-corrected chi connectivity index (χ2v) is 3.70. The summed E-state index contributed by atoms with van der Waals surface area (Å²) in [4.78, 5) is 8.62. The molecule has 0 aromatic carbocycles. The van der Waals surface area contributed by atoms with Gasteiger partial charge in [0.25, 0.3) is 0 Å². The summed E-state index contributed by atoms with van der Waals surface area (Å²) in [7, 11) is 1.65. The average molecular weight is 248 g/mol. The van der Waals surface area contributed by atoms with Crippen molar-refractivity contribution in [3.05, 3.63) is 36.2 Å². The molecule has 1 rings (SSSR count). The van der Waals surface area contributed by atoms with E-state index in [0.29, 0.717) is 13.2 Å². The molecule has 4 heteroatoms. The van der Waals surface area contributed by atoms with Crippen molar-refractivity contribution in [1.82, 2.24) is 4.98 Å². The predicted molar refractivity (Wildman–Crippen MR) is 73.7 cm³/mol. The molecular formula is C14H20N2O2. The van der Waals surface area contributed by atoms with Gasteiger partial charge in [-0.05, 0) is 26.0 Å². The molecule has 0 aliphatic rings. The number of rotatable bonds is 7. The van der Waals surface area contributed by atoms with E-state index in [1.54, 1.807) is 19.5 Å². The van der Waals surface area contributed by atoms with Gasteiger partial charge in [-0.1, -0.05) is 12.1 Å². The lowest BCUT2D eigenvalue weighted by atomic mass is 10.2. The maximum atomic E-state index is 5.44. The Morgan fingerprint density at radius 2 is 2.28 bits per heavy atom. The quantitative estimate of drug-likeness (QED) is 0.550. The number of aliphatic imine (C=N–C) groups is 1. The van der Waals surface area contributed by atoms with Gasteiger partial charge >= 0.3 is 0 Å². The van der Waals surface area contributed by atoms with Gasteiger partial charge in [0, 0.05) is 25.1 Å². The summed E-state index contributed by atoms with van der Waals surface area (Å²) in [5.41, 5.74) is 1.89. The molecule has 0 aliphatic heterocycles. The van der Waals surface area contributed by atoms with Crippen LogP contribution in [0.25, 0.3) is 5.57 Å². The van der Waals surface area contributed by atoms with Gasteiger partial charge in [0.05, 0.1) is 18.9 Å². The van der Waals surface area contributed by atoms with Crippen LogP contribution >= 0.6 is 0 Å². The molecule has 0 spiro atoms. The first kappa shape index (κ1) is 14.5. The monoisotopic (exact) mass is 248 g/mol. The summed E-state index contributed by atoms with van der Waals surface area (Å²) < 4.78 is 10.4. The zero-order chi connectivity index (χ0) is 13.2.